The average molecular weight is 966 g/mol. The Balaban J connectivity index is 4.31. The van der Waals surface area contributed by atoms with E-state index in [-0.39, 0.29) is 0 Å². The third-order valence-corrected chi connectivity index (χ3v) is 14.6. The molecule has 0 rings (SSSR count). The number of nitrogens with two attached hydrogens (primary N) is 1. The van der Waals surface area contributed by atoms with Crippen molar-refractivity contribution in [2.24, 2.45) is 5.73 Å². The van der Waals surface area contributed by atoms with E-state index in [1.54, 1.807) is 0 Å². The van der Waals surface area contributed by atoms with Crippen molar-refractivity contribution in [2.45, 2.75) is 315 Å². The average Bonchev–Trinajstić information content (AvgIpc) is 3.35. The van der Waals surface area contributed by atoms with Gasteiger partial charge in [-0.3, -0.25) is 9.59 Å². The first kappa shape index (κ1) is 67.9. The van der Waals surface area contributed by atoms with Crippen molar-refractivity contribution < 1.29 is 9.59 Å². The van der Waals surface area contributed by atoms with Crippen LogP contribution in [-0.4, -0.2) is 78.9 Å². The summed E-state index contributed by atoms with van der Waals surface area (Å²) in [6, 6.07) is 0. The normalized spacial score (nSPS) is 11.6. The van der Waals surface area contributed by atoms with E-state index in [0.29, 0.717) is 11.8 Å². The van der Waals surface area contributed by atoms with Crippen molar-refractivity contribution in [3.8, 4) is 0 Å². The Hall–Kier alpha value is -1.14. The lowest BCUT2D eigenvalue weighted by Gasteiger charge is -2.23. The summed E-state index contributed by atoms with van der Waals surface area (Å²) in [6.07, 6.45) is 57.7. The van der Waals surface area contributed by atoms with E-state index < -0.39 is 0 Å². The molecular formula is C63H120N4O2. The molecule has 0 aromatic heterocycles. The summed E-state index contributed by atoms with van der Waals surface area (Å²) in [5.41, 5.74) is 5.93. The molecule has 2 N–H and O–H groups in total. The first-order valence-corrected chi connectivity index (χ1v) is 30.8. The van der Waals surface area contributed by atoms with Gasteiger partial charge in [0.2, 0.25) is 11.8 Å². The molecule has 0 aromatic carbocycles. The zero-order chi connectivity index (χ0) is 50.2. The number of unbranched alkanes of at least 4 members (excludes halogenated alkanes) is 40. The molecule has 0 aromatic rings. The van der Waals surface area contributed by atoms with Crippen LogP contribution in [0, 0.1) is 27.7 Å². The van der Waals surface area contributed by atoms with Crippen LogP contribution < -0.4 is 5.73 Å². The Morgan fingerprint density at radius 1 is 0.246 bits per heavy atom. The zero-order valence-electron chi connectivity index (χ0n) is 46.3. The summed E-state index contributed by atoms with van der Waals surface area (Å²) in [6.45, 7) is 30.7. The SMILES string of the molecule is [CH]CCCCCCCCCN(CCCCCCCCC[CH])C(=O)CCCCCCCCCN(CCCN)CCCCCCCCCC(=O)N(CCCCCCCCC[CH])CCCCCCCCC[CH]. The predicted octanol–water partition coefficient (Wildman–Crippen LogP) is 17.9. The summed E-state index contributed by atoms with van der Waals surface area (Å²) < 4.78 is 0. The second-order valence-corrected chi connectivity index (χ2v) is 21.2. The van der Waals surface area contributed by atoms with E-state index in [4.69, 9.17) is 33.4 Å². The van der Waals surface area contributed by atoms with Crippen LogP contribution in [0.5, 0.6) is 0 Å². The van der Waals surface area contributed by atoms with Crippen molar-refractivity contribution in [1.29, 1.82) is 0 Å². The maximum absolute atomic E-state index is 13.3. The lowest BCUT2D eigenvalue weighted by Crippen LogP contribution is -2.32. The summed E-state index contributed by atoms with van der Waals surface area (Å²) >= 11 is 0. The summed E-state index contributed by atoms with van der Waals surface area (Å²) in [7, 11) is 0. The van der Waals surface area contributed by atoms with Gasteiger partial charge in [-0.2, -0.15) is 0 Å². The van der Waals surface area contributed by atoms with Crippen molar-refractivity contribution in [3.05, 3.63) is 27.7 Å². The Labute approximate surface area is 434 Å². The molecule has 8 radical (unpaired) electrons. The highest BCUT2D eigenvalue weighted by molar-refractivity contribution is 5.76. The fraction of sp³-hybridized carbons (Fsp3) is 0.905. The quantitative estimate of drug-likeness (QED) is 0.0617. The van der Waals surface area contributed by atoms with Crippen LogP contribution in [0.25, 0.3) is 0 Å². The van der Waals surface area contributed by atoms with Crippen LogP contribution in [0.3, 0.4) is 0 Å². The molecule has 0 unspecified atom stereocenters. The lowest BCUT2D eigenvalue weighted by molar-refractivity contribution is -0.132. The highest BCUT2D eigenvalue weighted by Crippen LogP contribution is 2.17. The third-order valence-electron chi connectivity index (χ3n) is 14.6. The minimum atomic E-state index is 0.396. The second kappa shape index (κ2) is 57.8. The molecule has 6 nitrogen and oxygen atoms in total. The van der Waals surface area contributed by atoms with Gasteiger partial charge >= 0.3 is 0 Å². The molecule has 0 saturated carbocycles. The monoisotopic (exact) mass is 965 g/mol. The fourth-order valence-electron chi connectivity index (χ4n) is 10.0. The Bertz CT molecular complexity index is 893. The Kier molecular flexibility index (Phi) is 56.8. The summed E-state index contributed by atoms with van der Waals surface area (Å²) in [5.74, 6) is 0.792. The van der Waals surface area contributed by atoms with E-state index in [9.17, 15) is 9.59 Å². The van der Waals surface area contributed by atoms with Gasteiger partial charge in [0.05, 0.1) is 0 Å². The fourth-order valence-corrected chi connectivity index (χ4v) is 10.0. The van der Waals surface area contributed by atoms with Gasteiger partial charge in [0.25, 0.3) is 0 Å². The smallest absolute Gasteiger partial charge is 0.222 e. The molecule has 0 atom stereocenters. The number of hydrogen-bond acceptors (Lipinski definition) is 4. The number of carbonyl (C=O) groups excluding carboxylic acids is 2. The molecule has 0 saturated heterocycles. The molecule has 404 valence electrons. The molecule has 0 aliphatic carbocycles. The molecular weight excluding hydrogens is 845 g/mol. The number of hydrogen-bond donors (Lipinski definition) is 1. The van der Waals surface area contributed by atoms with Gasteiger partial charge in [0.15, 0.2) is 0 Å². The van der Waals surface area contributed by atoms with Crippen molar-refractivity contribution in [1.82, 2.24) is 14.7 Å². The minimum Gasteiger partial charge on any atom is -0.343 e. The van der Waals surface area contributed by atoms with E-state index in [2.05, 4.69) is 14.7 Å². The van der Waals surface area contributed by atoms with Gasteiger partial charge in [0, 0.05) is 39.0 Å². The van der Waals surface area contributed by atoms with Gasteiger partial charge in [-0.05, 0) is 137 Å². The Morgan fingerprint density at radius 3 is 0.667 bits per heavy atom. The van der Waals surface area contributed by atoms with Crippen molar-refractivity contribution in [3.63, 3.8) is 0 Å². The van der Waals surface area contributed by atoms with Gasteiger partial charge < -0.3 is 20.4 Å². The Morgan fingerprint density at radius 2 is 0.435 bits per heavy atom. The molecule has 0 aliphatic heterocycles. The number of nitrogens with zero attached hydrogens (tertiary/aromatic N) is 3. The molecule has 2 amide bonds. The van der Waals surface area contributed by atoms with Crippen LogP contribution in [0.2, 0.25) is 0 Å². The predicted molar refractivity (Wildman–Crippen MR) is 302 cm³/mol. The first-order valence-electron chi connectivity index (χ1n) is 30.8. The highest BCUT2D eigenvalue weighted by atomic mass is 16.2. The second-order valence-electron chi connectivity index (χ2n) is 21.2. The van der Waals surface area contributed by atoms with E-state index in [1.807, 2.05) is 0 Å². The van der Waals surface area contributed by atoms with Gasteiger partial charge in [-0.25, -0.2) is 0 Å². The molecule has 0 fully saturated rings. The van der Waals surface area contributed by atoms with Gasteiger partial charge in [0.1, 0.15) is 0 Å². The zero-order valence-corrected chi connectivity index (χ0v) is 46.3. The van der Waals surface area contributed by atoms with Gasteiger partial charge in [-0.15, -0.1) is 0 Å². The number of carbonyl (C=O) groups is 2. The topological polar surface area (TPSA) is 69.9 Å². The molecule has 6 heteroatoms. The number of rotatable bonds is 59. The largest absolute Gasteiger partial charge is 0.343 e. The van der Waals surface area contributed by atoms with E-state index >= 15 is 0 Å². The van der Waals surface area contributed by atoms with Crippen molar-refractivity contribution in [2.75, 3.05) is 52.4 Å². The maximum Gasteiger partial charge on any atom is 0.222 e. The molecule has 69 heavy (non-hydrogen) atoms. The van der Waals surface area contributed by atoms with Crippen LogP contribution >= 0.6 is 0 Å². The van der Waals surface area contributed by atoms with Crippen LogP contribution in [0.15, 0.2) is 0 Å². The maximum atomic E-state index is 13.3. The van der Waals surface area contributed by atoms with E-state index in [0.717, 1.165) is 148 Å². The van der Waals surface area contributed by atoms with Crippen LogP contribution in [0.1, 0.15) is 315 Å². The first-order chi connectivity index (χ1) is 34.0. The number of amides is 2. The van der Waals surface area contributed by atoms with Crippen LogP contribution in [-0.2, 0) is 9.59 Å². The summed E-state index contributed by atoms with van der Waals surface area (Å²) in [4.78, 5) is 33.8. The standard InChI is InChI=1S/C63H120N4O2/c1-5-9-13-17-21-31-39-47-58-66(59-48-40-32-22-18-14-10-6-2)62(68)52-43-35-27-25-29-37-45-55-65(57-51-54-64)56-46-38-30-26-28-36-44-53-63(69)67(60-49-41-33-23-19-15-11-7-3)61-50-42-34-24-20-16-12-8-4/h1-4H,5-61,64H2. The van der Waals surface area contributed by atoms with Crippen molar-refractivity contribution >= 4 is 11.8 Å². The molecule has 0 spiro atoms. The summed E-state index contributed by atoms with van der Waals surface area (Å²) in [5, 5.41) is 0. The lowest BCUT2D eigenvalue weighted by atomic mass is 10.1. The van der Waals surface area contributed by atoms with Crippen LogP contribution in [0.4, 0.5) is 0 Å². The molecule has 0 heterocycles. The molecule has 0 aliphatic rings. The van der Waals surface area contributed by atoms with E-state index in [1.165, 1.54) is 219 Å². The molecule has 0 bridgehead atoms. The minimum absolute atomic E-state index is 0.396. The van der Waals surface area contributed by atoms with Gasteiger partial charge in [-0.1, -0.05) is 218 Å². The third kappa shape index (κ3) is 50.2. The highest BCUT2D eigenvalue weighted by Gasteiger charge is 2.14.